The number of hydrogen-bond acceptors (Lipinski definition) is 5. The highest BCUT2D eigenvalue weighted by atomic mass is 32.1. The Hall–Kier alpha value is -1.43. The van der Waals surface area contributed by atoms with Gasteiger partial charge in [-0.15, -0.1) is 11.3 Å². The first-order chi connectivity index (χ1) is 8.92. The van der Waals surface area contributed by atoms with E-state index < -0.39 is 12.0 Å². The standard InChI is InChI=1S/C13H20N2O3S/c1-8(2)5-11(13(17)18-4)15-12(16)6-10-7-19-9(3)14-10/h7-8,11H,5-6H2,1-4H3,(H,15,16)/t11-/m1/s1. The van der Waals surface area contributed by atoms with E-state index in [0.717, 1.165) is 10.7 Å². The van der Waals surface area contributed by atoms with E-state index >= 15 is 0 Å². The third-order valence-electron chi connectivity index (χ3n) is 2.54. The molecule has 0 radical (unpaired) electrons. The SMILES string of the molecule is COC(=O)[C@@H](CC(C)C)NC(=O)Cc1csc(C)n1. The first kappa shape index (κ1) is 15.6. The van der Waals surface area contributed by atoms with Crippen LogP contribution in [-0.2, 0) is 20.7 Å². The summed E-state index contributed by atoms with van der Waals surface area (Å²) in [7, 11) is 1.33. The van der Waals surface area contributed by atoms with E-state index in [4.69, 9.17) is 4.74 Å². The van der Waals surface area contributed by atoms with Crippen molar-refractivity contribution < 1.29 is 14.3 Å². The number of aryl methyl sites for hydroxylation is 1. The monoisotopic (exact) mass is 284 g/mol. The summed E-state index contributed by atoms with van der Waals surface area (Å²) in [5.74, 6) is -0.316. The number of carbonyl (C=O) groups is 2. The van der Waals surface area contributed by atoms with Crippen LogP contribution in [0.15, 0.2) is 5.38 Å². The molecule has 1 aromatic heterocycles. The minimum absolute atomic E-state index is 0.190. The van der Waals surface area contributed by atoms with Crippen LogP contribution in [0.25, 0.3) is 0 Å². The smallest absolute Gasteiger partial charge is 0.328 e. The molecule has 106 valence electrons. The van der Waals surface area contributed by atoms with E-state index in [9.17, 15) is 9.59 Å². The lowest BCUT2D eigenvalue weighted by molar-refractivity contribution is -0.145. The molecule has 0 aliphatic heterocycles. The van der Waals surface area contributed by atoms with Crippen molar-refractivity contribution in [3.63, 3.8) is 0 Å². The van der Waals surface area contributed by atoms with Gasteiger partial charge in [-0.25, -0.2) is 9.78 Å². The summed E-state index contributed by atoms with van der Waals surface area (Å²) in [6.07, 6.45) is 0.754. The number of rotatable bonds is 6. The maximum atomic E-state index is 11.9. The number of esters is 1. The zero-order valence-corrected chi connectivity index (χ0v) is 12.5. The predicted octanol–water partition coefficient (Wildman–Crippen LogP) is 1.70. The van der Waals surface area contributed by atoms with Crippen molar-refractivity contribution in [2.45, 2.75) is 39.7 Å². The van der Waals surface area contributed by atoms with Crippen LogP contribution in [0.3, 0.4) is 0 Å². The highest BCUT2D eigenvalue weighted by Gasteiger charge is 2.22. The van der Waals surface area contributed by atoms with Crippen molar-refractivity contribution in [2.24, 2.45) is 5.92 Å². The molecule has 0 aromatic carbocycles. The summed E-state index contributed by atoms with van der Waals surface area (Å²) < 4.78 is 4.70. The highest BCUT2D eigenvalue weighted by Crippen LogP contribution is 2.10. The number of carbonyl (C=O) groups excluding carboxylic acids is 2. The summed E-state index contributed by atoms with van der Waals surface area (Å²) in [5.41, 5.74) is 0.730. The van der Waals surface area contributed by atoms with Crippen LogP contribution >= 0.6 is 11.3 Å². The average Bonchev–Trinajstić information content (AvgIpc) is 2.72. The third kappa shape index (κ3) is 5.38. The number of ether oxygens (including phenoxy) is 1. The van der Waals surface area contributed by atoms with Crippen molar-refractivity contribution in [3.8, 4) is 0 Å². The van der Waals surface area contributed by atoms with Crippen LogP contribution < -0.4 is 5.32 Å². The number of amides is 1. The summed E-state index contributed by atoms with van der Waals surface area (Å²) in [6, 6.07) is -0.586. The molecule has 1 amide bonds. The average molecular weight is 284 g/mol. The van der Waals surface area contributed by atoms with Crippen molar-refractivity contribution in [3.05, 3.63) is 16.1 Å². The van der Waals surface area contributed by atoms with Gasteiger partial charge in [-0.3, -0.25) is 4.79 Å². The molecule has 0 saturated heterocycles. The fourth-order valence-corrected chi connectivity index (χ4v) is 2.34. The minimum Gasteiger partial charge on any atom is -0.467 e. The van der Waals surface area contributed by atoms with Gasteiger partial charge in [-0.05, 0) is 19.3 Å². The van der Waals surface area contributed by atoms with Crippen molar-refractivity contribution in [2.75, 3.05) is 7.11 Å². The fraction of sp³-hybridized carbons (Fsp3) is 0.615. The molecule has 1 heterocycles. The van der Waals surface area contributed by atoms with Gasteiger partial charge in [0, 0.05) is 5.38 Å². The second-order valence-corrected chi connectivity index (χ2v) is 5.87. The minimum atomic E-state index is -0.586. The van der Waals surface area contributed by atoms with Gasteiger partial charge in [0.2, 0.25) is 5.91 Å². The second kappa shape index (κ2) is 7.23. The number of nitrogens with one attached hydrogen (secondary N) is 1. The van der Waals surface area contributed by atoms with Gasteiger partial charge in [0.25, 0.3) is 0 Å². The summed E-state index contributed by atoms with van der Waals surface area (Å²) in [6.45, 7) is 5.87. The van der Waals surface area contributed by atoms with Crippen molar-refractivity contribution in [1.29, 1.82) is 0 Å². The molecule has 0 bridgehead atoms. The van der Waals surface area contributed by atoms with E-state index in [1.54, 1.807) is 0 Å². The maximum Gasteiger partial charge on any atom is 0.328 e. The number of hydrogen-bond donors (Lipinski definition) is 1. The number of nitrogens with zero attached hydrogens (tertiary/aromatic N) is 1. The summed E-state index contributed by atoms with van der Waals surface area (Å²) >= 11 is 1.50. The maximum absolute atomic E-state index is 11.9. The molecule has 5 nitrogen and oxygen atoms in total. The Balaban J connectivity index is 2.57. The molecule has 0 spiro atoms. The summed E-state index contributed by atoms with van der Waals surface area (Å²) in [5, 5.41) is 5.49. The van der Waals surface area contributed by atoms with Gasteiger partial charge >= 0.3 is 5.97 Å². The van der Waals surface area contributed by atoms with Crippen molar-refractivity contribution in [1.82, 2.24) is 10.3 Å². The molecule has 0 aliphatic rings. The molecule has 0 fully saturated rings. The lowest BCUT2D eigenvalue weighted by atomic mass is 10.0. The predicted molar refractivity (Wildman–Crippen MR) is 74.0 cm³/mol. The molecule has 1 aromatic rings. The van der Waals surface area contributed by atoms with Crippen LogP contribution in [0.4, 0.5) is 0 Å². The Labute approximate surface area is 117 Å². The molecule has 1 rings (SSSR count). The molecule has 0 aliphatic carbocycles. The molecule has 1 atom stereocenters. The van der Waals surface area contributed by atoms with E-state index in [1.165, 1.54) is 18.4 Å². The Kier molecular flexibility index (Phi) is 5.95. The molecule has 0 unspecified atom stereocenters. The quantitative estimate of drug-likeness (QED) is 0.807. The van der Waals surface area contributed by atoms with Crippen LogP contribution in [0, 0.1) is 12.8 Å². The second-order valence-electron chi connectivity index (χ2n) is 4.81. The lowest BCUT2D eigenvalue weighted by Crippen LogP contribution is -2.43. The highest BCUT2D eigenvalue weighted by molar-refractivity contribution is 7.09. The van der Waals surface area contributed by atoms with E-state index in [0.29, 0.717) is 12.3 Å². The molecule has 1 N–H and O–H groups in total. The van der Waals surface area contributed by atoms with Gasteiger partial charge in [0.05, 0.1) is 24.2 Å². The number of thiazole rings is 1. The zero-order valence-electron chi connectivity index (χ0n) is 11.7. The molecule has 6 heteroatoms. The first-order valence-corrected chi connectivity index (χ1v) is 7.08. The Bertz CT molecular complexity index is 443. The van der Waals surface area contributed by atoms with Gasteiger partial charge in [-0.1, -0.05) is 13.8 Å². The molecule has 19 heavy (non-hydrogen) atoms. The topological polar surface area (TPSA) is 68.3 Å². The summed E-state index contributed by atoms with van der Waals surface area (Å²) in [4.78, 5) is 27.7. The zero-order chi connectivity index (χ0) is 14.4. The third-order valence-corrected chi connectivity index (χ3v) is 3.36. The Morgan fingerprint density at radius 1 is 1.47 bits per heavy atom. The molecular formula is C13H20N2O3S. The lowest BCUT2D eigenvalue weighted by Gasteiger charge is -2.18. The van der Waals surface area contributed by atoms with Gasteiger partial charge in [-0.2, -0.15) is 0 Å². The van der Waals surface area contributed by atoms with Crippen molar-refractivity contribution >= 4 is 23.2 Å². The van der Waals surface area contributed by atoms with E-state index in [2.05, 4.69) is 10.3 Å². The van der Waals surface area contributed by atoms with E-state index in [1.807, 2.05) is 26.2 Å². The van der Waals surface area contributed by atoms with E-state index in [-0.39, 0.29) is 12.3 Å². The van der Waals surface area contributed by atoms with Gasteiger partial charge in [0.15, 0.2) is 0 Å². The fourth-order valence-electron chi connectivity index (χ4n) is 1.73. The van der Waals surface area contributed by atoms with Gasteiger partial charge in [0.1, 0.15) is 6.04 Å². The van der Waals surface area contributed by atoms with Gasteiger partial charge < -0.3 is 10.1 Å². The number of aromatic nitrogens is 1. The van der Waals surface area contributed by atoms with Crippen LogP contribution in [0.1, 0.15) is 31.0 Å². The Morgan fingerprint density at radius 3 is 2.63 bits per heavy atom. The first-order valence-electron chi connectivity index (χ1n) is 6.20. The molecule has 0 saturated carbocycles. The largest absolute Gasteiger partial charge is 0.467 e. The molecular weight excluding hydrogens is 264 g/mol. The normalized spacial score (nSPS) is 12.3. The van der Waals surface area contributed by atoms with Crippen LogP contribution in [0.5, 0.6) is 0 Å². The van der Waals surface area contributed by atoms with Crippen LogP contribution in [-0.4, -0.2) is 30.0 Å². The Morgan fingerprint density at radius 2 is 2.16 bits per heavy atom. The number of methoxy groups -OCH3 is 1. The van der Waals surface area contributed by atoms with Crippen LogP contribution in [0.2, 0.25) is 0 Å².